The Kier molecular flexibility index (Phi) is 5.35. The molecule has 2 heterocycles. The first-order valence-corrected chi connectivity index (χ1v) is 13.5. The highest BCUT2D eigenvalue weighted by molar-refractivity contribution is 5.75. The molecule has 192 valence electrons. The average molecular weight is 485 g/mol. The number of piperidine rings is 1. The highest BCUT2D eigenvalue weighted by Crippen LogP contribution is 2.65. The molecule has 7 nitrogen and oxygen atoms in total. The maximum atomic E-state index is 12.8. The van der Waals surface area contributed by atoms with Crippen LogP contribution >= 0.6 is 0 Å². The minimum absolute atomic E-state index is 0.00754. The van der Waals surface area contributed by atoms with Crippen LogP contribution in [0.1, 0.15) is 70.9 Å². The molecule has 0 amide bonds. The van der Waals surface area contributed by atoms with E-state index in [1.54, 1.807) is 13.2 Å². The first kappa shape index (κ1) is 23.4. The van der Waals surface area contributed by atoms with Gasteiger partial charge in [0.05, 0.1) is 7.11 Å². The Labute approximate surface area is 208 Å². The van der Waals surface area contributed by atoms with Gasteiger partial charge in [-0.1, -0.05) is 0 Å². The van der Waals surface area contributed by atoms with Gasteiger partial charge in [-0.05, 0) is 84.6 Å². The third-order valence-corrected chi connectivity index (χ3v) is 9.15. The van der Waals surface area contributed by atoms with Crippen LogP contribution in [-0.2, 0) is 21.4 Å². The van der Waals surface area contributed by atoms with Gasteiger partial charge in [-0.25, -0.2) is 0 Å². The number of hydrogen-bond acceptors (Lipinski definition) is 7. The van der Waals surface area contributed by atoms with Gasteiger partial charge in [0.2, 0.25) is 0 Å². The minimum Gasteiger partial charge on any atom is -0.504 e. The van der Waals surface area contributed by atoms with Crippen LogP contribution in [-0.4, -0.2) is 66.0 Å². The Morgan fingerprint density at radius 2 is 2.09 bits per heavy atom. The van der Waals surface area contributed by atoms with Crippen LogP contribution in [0.25, 0.3) is 0 Å². The molecule has 2 saturated carbocycles. The van der Waals surface area contributed by atoms with E-state index in [2.05, 4.69) is 10.2 Å². The molecule has 1 spiro atoms. The van der Waals surface area contributed by atoms with Crippen molar-refractivity contribution in [3.8, 4) is 17.2 Å². The van der Waals surface area contributed by atoms with Crippen molar-refractivity contribution in [3.63, 3.8) is 0 Å². The molecule has 1 aromatic rings. The Morgan fingerprint density at radius 3 is 2.77 bits per heavy atom. The zero-order chi connectivity index (χ0) is 24.7. The Balaban J connectivity index is 1.37. The molecule has 3 fully saturated rings. The molecule has 0 radical (unpaired) electrons. The summed E-state index contributed by atoms with van der Waals surface area (Å²) in [6, 6.07) is 1.77. The SMILES string of the molecule is COc1cc(O)c2c3c1C[C@@H]1[C@@H]4CC[C@@H](N[C@@H](C)C(=O)OC(C)(C)C)[C@H](O2)[C@]34CCN1CC1CC1. The molecule has 1 aromatic carbocycles. The lowest BCUT2D eigenvalue weighted by atomic mass is 9.51. The number of aromatic hydroxyl groups is 1. The van der Waals surface area contributed by atoms with E-state index in [0.717, 1.165) is 43.9 Å². The standard InChI is InChI=1S/C28H40N2O5/c1-15(26(32)35-27(2,3)4)29-19-9-8-18-20-12-17-22(33-5)13-21(31)24-23(17)28(18,25(19)34-24)10-11-30(20)14-16-6-7-16/h13,15-16,18-20,25,29,31H,6-12,14H2,1-5H3/t15-,18-,19+,20+,25-,28-/m0/s1. The Morgan fingerprint density at radius 1 is 1.31 bits per heavy atom. The number of rotatable bonds is 6. The molecule has 5 aliphatic rings. The van der Waals surface area contributed by atoms with E-state index in [9.17, 15) is 9.90 Å². The molecule has 6 atom stereocenters. The molecule has 1 saturated heterocycles. The summed E-state index contributed by atoms with van der Waals surface area (Å²) < 4.78 is 18.1. The zero-order valence-electron chi connectivity index (χ0n) is 21.7. The topological polar surface area (TPSA) is 80.3 Å². The van der Waals surface area contributed by atoms with Crippen molar-refractivity contribution < 1.29 is 24.1 Å². The van der Waals surface area contributed by atoms with Crippen LogP contribution in [0, 0.1) is 11.8 Å². The summed E-state index contributed by atoms with van der Waals surface area (Å²) in [7, 11) is 1.69. The molecular formula is C28H40N2O5. The van der Waals surface area contributed by atoms with E-state index in [1.807, 2.05) is 27.7 Å². The second kappa shape index (κ2) is 8.01. The second-order valence-corrected chi connectivity index (χ2v) is 12.5. The van der Waals surface area contributed by atoms with Gasteiger partial charge in [-0.3, -0.25) is 15.0 Å². The minimum atomic E-state index is -0.522. The molecular weight excluding hydrogens is 444 g/mol. The molecule has 2 aliphatic heterocycles. The van der Waals surface area contributed by atoms with Gasteiger partial charge in [0.1, 0.15) is 23.5 Å². The number of nitrogens with zero attached hydrogens (tertiary/aromatic N) is 1. The van der Waals surface area contributed by atoms with Crippen molar-refractivity contribution >= 4 is 5.97 Å². The summed E-state index contributed by atoms with van der Waals surface area (Å²) in [6.45, 7) is 9.83. The summed E-state index contributed by atoms with van der Waals surface area (Å²) in [4.78, 5) is 15.5. The number of carbonyl (C=O) groups excluding carboxylic acids is 1. The summed E-state index contributed by atoms with van der Waals surface area (Å²) >= 11 is 0. The predicted molar refractivity (Wildman–Crippen MR) is 132 cm³/mol. The maximum absolute atomic E-state index is 12.8. The smallest absolute Gasteiger partial charge is 0.323 e. The summed E-state index contributed by atoms with van der Waals surface area (Å²) in [6.07, 6.45) is 6.59. The molecule has 6 rings (SSSR count). The normalized spacial score (nSPS) is 34.1. The van der Waals surface area contributed by atoms with Gasteiger partial charge in [0.25, 0.3) is 0 Å². The molecule has 7 heteroatoms. The van der Waals surface area contributed by atoms with Gasteiger partial charge < -0.3 is 19.3 Å². The molecule has 0 unspecified atom stereocenters. The summed E-state index contributed by atoms with van der Waals surface area (Å²) in [5.74, 6) is 2.68. The van der Waals surface area contributed by atoms with Gasteiger partial charge in [-0.2, -0.15) is 0 Å². The average Bonchev–Trinajstić information content (AvgIpc) is 3.54. The molecule has 35 heavy (non-hydrogen) atoms. The molecule has 0 aromatic heterocycles. The number of phenolic OH excluding ortho intramolecular Hbond substituents is 1. The van der Waals surface area contributed by atoms with Crippen molar-refractivity contribution in [1.82, 2.24) is 10.2 Å². The van der Waals surface area contributed by atoms with Crippen molar-refractivity contribution in [2.45, 2.75) is 101 Å². The van der Waals surface area contributed by atoms with E-state index in [1.165, 1.54) is 30.5 Å². The lowest BCUT2D eigenvalue weighted by Crippen LogP contribution is -2.69. The van der Waals surface area contributed by atoms with Crippen molar-refractivity contribution in [2.75, 3.05) is 20.2 Å². The van der Waals surface area contributed by atoms with Crippen LogP contribution in [0.4, 0.5) is 0 Å². The fourth-order valence-corrected chi connectivity index (χ4v) is 7.67. The first-order chi connectivity index (χ1) is 16.6. The van der Waals surface area contributed by atoms with Gasteiger partial charge in [0, 0.05) is 41.2 Å². The summed E-state index contributed by atoms with van der Waals surface area (Å²) in [5, 5.41) is 14.6. The lowest BCUT2D eigenvalue weighted by molar-refractivity contribution is -0.157. The number of likely N-dealkylation sites (tertiary alicyclic amines) is 1. The fourth-order valence-electron chi connectivity index (χ4n) is 7.67. The van der Waals surface area contributed by atoms with Crippen LogP contribution < -0.4 is 14.8 Å². The van der Waals surface area contributed by atoms with E-state index < -0.39 is 11.6 Å². The monoisotopic (exact) mass is 484 g/mol. The first-order valence-electron chi connectivity index (χ1n) is 13.5. The van der Waals surface area contributed by atoms with Gasteiger partial charge in [-0.15, -0.1) is 0 Å². The number of hydrogen-bond donors (Lipinski definition) is 2. The number of nitrogens with one attached hydrogen (secondary N) is 1. The number of methoxy groups -OCH3 is 1. The van der Waals surface area contributed by atoms with Crippen LogP contribution in [0.2, 0.25) is 0 Å². The van der Waals surface area contributed by atoms with Crippen molar-refractivity contribution in [3.05, 3.63) is 17.2 Å². The highest BCUT2D eigenvalue weighted by Gasteiger charge is 2.66. The summed E-state index contributed by atoms with van der Waals surface area (Å²) in [5.41, 5.74) is 1.71. The fraction of sp³-hybridized carbons (Fsp3) is 0.750. The molecule has 2 bridgehead atoms. The highest BCUT2D eigenvalue weighted by atomic mass is 16.6. The number of benzene rings is 1. The largest absolute Gasteiger partial charge is 0.504 e. The number of ether oxygens (including phenoxy) is 3. The van der Waals surface area contributed by atoms with E-state index >= 15 is 0 Å². The van der Waals surface area contributed by atoms with Crippen molar-refractivity contribution in [1.29, 1.82) is 0 Å². The third-order valence-electron chi connectivity index (χ3n) is 9.15. The molecule has 2 N–H and O–H groups in total. The predicted octanol–water partition coefficient (Wildman–Crippen LogP) is 3.54. The number of esters is 1. The third kappa shape index (κ3) is 3.64. The number of carbonyl (C=O) groups is 1. The van der Waals surface area contributed by atoms with E-state index in [0.29, 0.717) is 17.7 Å². The number of phenols is 1. The molecule has 3 aliphatic carbocycles. The lowest BCUT2D eigenvalue weighted by Gasteiger charge is -2.60. The Bertz CT molecular complexity index is 1030. The van der Waals surface area contributed by atoms with E-state index in [-0.39, 0.29) is 29.3 Å². The van der Waals surface area contributed by atoms with Crippen molar-refractivity contribution in [2.24, 2.45) is 11.8 Å². The van der Waals surface area contributed by atoms with Gasteiger partial charge in [0.15, 0.2) is 11.5 Å². The Hall–Kier alpha value is -1.99. The van der Waals surface area contributed by atoms with Gasteiger partial charge >= 0.3 is 5.97 Å². The zero-order valence-corrected chi connectivity index (χ0v) is 21.7. The quantitative estimate of drug-likeness (QED) is 0.598. The van der Waals surface area contributed by atoms with Crippen LogP contribution in [0.3, 0.4) is 0 Å². The van der Waals surface area contributed by atoms with Crippen LogP contribution in [0.5, 0.6) is 17.2 Å². The van der Waals surface area contributed by atoms with Crippen LogP contribution in [0.15, 0.2) is 6.07 Å². The van der Waals surface area contributed by atoms with E-state index in [4.69, 9.17) is 14.2 Å². The second-order valence-electron chi connectivity index (χ2n) is 12.5. The maximum Gasteiger partial charge on any atom is 0.323 e.